The second-order valence-corrected chi connectivity index (χ2v) is 4.22. The fraction of sp³-hybridized carbons (Fsp3) is 0.333. The first-order valence-corrected chi connectivity index (χ1v) is 5.74. The van der Waals surface area contributed by atoms with E-state index in [0.29, 0.717) is 0 Å². The predicted molar refractivity (Wildman–Crippen MR) is 60.2 cm³/mol. The maximum atomic E-state index is 5.16. The molecule has 0 unspecified atom stereocenters. The molecule has 2 aromatic heterocycles. The zero-order valence-corrected chi connectivity index (χ0v) is 9.49. The molecule has 2 aromatic rings. The molecule has 0 aliphatic carbocycles. The van der Waals surface area contributed by atoms with Gasteiger partial charge in [-0.1, -0.05) is 0 Å². The molecule has 5 heteroatoms. The number of H-pyrrole nitrogens is 1. The molecule has 1 N–H and O–H groups in total. The van der Waals surface area contributed by atoms with Crippen LogP contribution in [-0.2, 0) is 13.0 Å². The monoisotopic (exact) mass is 225 g/mol. The fourth-order valence-electron chi connectivity index (χ4n) is 1.35. The zero-order valence-electron chi connectivity index (χ0n) is 7.86. The Labute approximate surface area is 91.4 Å². The Hall–Kier alpha value is -0.940. The number of thiazole rings is 1. The third-order valence-corrected chi connectivity index (χ3v) is 3.12. The van der Waals surface area contributed by atoms with Crippen molar-refractivity contribution in [3.05, 3.63) is 33.2 Å². The SMILES string of the molecule is Cc1c[nH]c(=S)n1CCc1cscn1. The normalized spacial score (nSPS) is 10.6. The van der Waals surface area contributed by atoms with Crippen LogP contribution in [0.1, 0.15) is 11.4 Å². The summed E-state index contributed by atoms with van der Waals surface area (Å²) < 4.78 is 2.88. The van der Waals surface area contributed by atoms with Crippen LogP contribution in [0, 0.1) is 11.7 Å². The highest BCUT2D eigenvalue weighted by atomic mass is 32.1. The lowest BCUT2D eigenvalue weighted by atomic mass is 10.3. The lowest BCUT2D eigenvalue weighted by Crippen LogP contribution is -2.03. The first-order chi connectivity index (χ1) is 6.77. The highest BCUT2D eigenvalue weighted by Crippen LogP contribution is 2.05. The molecule has 3 nitrogen and oxygen atoms in total. The van der Waals surface area contributed by atoms with Crippen LogP contribution in [0.3, 0.4) is 0 Å². The molecule has 0 aliphatic rings. The van der Waals surface area contributed by atoms with Gasteiger partial charge in [-0.05, 0) is 19.1 Å². The van der Waals surface area contributed by atoms with Gasteiger partial charge in [0.05, 0.1) is 11.2 Å². The number of nitrogens with zero attached hydrogens (tertiary/aromatic N) is 2. The summed E-state index contributed by atoms with van der Waals surface area (Å²) >= 11 is 6.79. The van der Waals surface area contributed by atoms with Crippen LogP contribution in [0.2, 0.25) is 0 Å². The summed E-state index contributed by atoms with van der Waals surface area (Å²) in [5.41, 5.74) is 4.17. The number of imidazole rings is 1. The summed E-state index contributed by atoms with van der Waals surface area (Å²) in [5, 5.41) is 2.07. The fourth-order valence-corrected chi connectivity index (χ4v) is 2.23. The molecule has 0 aliphatic heterocycles. The van der Waals surface area contributed by atoms with E-state index in [-0.39, 0.29) is 0 Å². The van der Waals surface area contributed by atoms with Crippen molar-refractivity contribution in [2.75, 3.05) is 0 Å². The summed E-state index contributed by atoms with van der Waals surface area (Å²) in [7, 11) is 0. The number of hydrogen-bond acceptors (Lipinski definition) is 3. The topological polar surface area (TPSA) is 33.6 Å². The van der Waals surface area contributed by atoms with Gasteiger partial charge in [-0.15, -0.1) is 11.3 Å². The standard InChI is InChI=1S/C9H11N3S2/c1-7-4-10-9(13)12(7)3-2-8-5-14-6-11-8/h4-6H,2-3H2,1H3,(H,10,13). The average molecular weight is 225 g/mol. The molecule has 0 aromatic carbocycles. The van der Waals surface area contributed by atoms with Crippen LogP contribution in [0.5, 0.6) is 0 Å². The van der Waals surface area contributed by atoms with E-state index < -0.39 is 0 Å². The second-order valence-electron chi connectivity index (χ2n) is 3.12. The first-order valence-electron chi connectivity index (χ1n) is 4.39. The van der Waals surface area contributed by atoms with Crippen molar-refractivity contribution in [1.29, 1.82) is 0 Å². The minimum Gasteiger partial charge on any atom is -0.337 e. The molecule has 0 saturated carbocycles. The van der Waals surface area contributed by atoms with Gasteiger partial charge >= 0.3 is 0 Å². The molecular weight excluding hydrogens is 214 g/mol. The summed E-state index contributed by atoms with van der Waals surface area (Å²) in [6, 6.07) is 0. The van der Waals surface area contributed by atoms with E-state index in [4.69, 9.17) is 12.2 Å². The van der Waals surface area contributed by atoms with Gasteiger partial charge in [0.25, 0.3) is 0 Å². The molecule has 0 spiro atoms. The third-order valence-electron chi connectivity index (χ3n) is 2.15. The molecule has 14 heavy (non-hydrogen) atoms. The summed E-state index contributed by atoms with van der Waals surface area (Å²) in [6.07, 6.45) is 2.87. The second kappa shape index (κ2) is 4.06. The summed E-state index contributed by atoms with van der Waals surface area (Å²) in [4.78, 5) is 7.26. The number of aromatic amines is 1. The number of rotatable bonds is 3. The molecule has 2 rings (SSSR count). The van der Waals surface area contributed by atoms with Crippen LogP contribution < -0.4 is 0 Å². The molecule has 0 radical (unpaired) electrons. The lowest BCUT2D eigenvalue weighted by molar-refractivity contribution is 0.662. The van der Waals surface area contributed by atoms with E-state index in [0.717, 1.165) is 23.4 Å². The zero-order chi connectivity index (χ0) is 9.97. The van der Waals surface area contributed by atoms with Gasteiger partial charge in [-0.25, -0.2) is 4.98 Å². The van der Waals surface area contributed by atoms with Crippen molar-refractivity contribution in [2.45, 2.75) is 19.9 Å². The highest BCUT2D eigenvalue weighted by Gasteiger charge is 2.00. The Balaban J connectivity index is 2.09. The van der Waals surface area contributed by atoms with Crippen LogP contribution in [-0.4, -0.2) is 14.5 Å². The van der Waals surface area contributed by atoms with E-state index in [2.05, 4.69) is 19.9 Å². The predicted octanol–water partition coefficient (Wildman–Crippen LogP) is 2.55. The minimum atomic E-state index is 0.790. The highest BCUT2D eigenvalue weighted by molar-refractivity contribution is 7.71. The lowest BCUT2D eigenvalue weighted by Gasteiger charge is -2.02. The summed E-state index contributed by atoms with van der Waals surface area (Å²) in [6.45, 7) is 2.95. The van der Waals surface area contributed by atoms with Crippen molar-refractivity contribution >= 4 is 23.6 Å². The number of aryl methyl sites for hydroxylation is 2. The molecule has 0 saturated heterocycles. The van der Waals surface area contributed by atoms with Gasteiger partial charge in [0.2, 0.25) is 0 Å². The Morgan fingerprint density at radius 2 is 2.50 bits per heavy atom. The smallest absolute Gasteiger partial charge is 0.177 e. The molecule has 0 bridgehead atoms. The van der Waals surface area contributed by atoms with Gasteiger partial charge in [-0.3, -0.25) is 0 Å². The van der Waals surface area contributed by atoms with Gasteiger partial charge in [-0.2, -0.15) is 0 Å². The van der Waals surface area contributed by atoms with Crippen molar-refractivity contribution in [2.24, 2.45) is 0 Å². The Kier molecular flexibility index (Phi) is 2.79. The van der Waals surface area contributed by atoms with E-state index >= 15 is 0 Å². The van der Waals surface area contributed by atoms with Crippen LogP contribution >= 0.6 is 23.6 Å². The number of hydrogen-bond donors (Lipinski definition) is 1. The maximum absolute atomic E-state index is 5.16. The maximum Gasteiger partial charge on any atom is 0.177 e. The Bertz CT molecular complexity index is 453. The van der Waals surface area contributed by atoms with Crippen LogP contribution in [0.15, 0.2) is 17.1 Å². The third kappa shape index (κ3) is 1.93. The van der Waals surface area contributed by atoms with E-state index in [1.54, 1.807) is 11.3 Å². The van der Waals surface area contributed by atoms with Crippen LogP contribution in [0.25, 0.3) is 0 Å². The molecule has 2 heterocycles. The van der Waals surface area contributed by atoms with Gasteiger partial charge in [0.15, 0.2) is 4.77 Å². The van der Waals surface area contributed by atoms with Gasteiger partial charge in [0, 0.05) is 30.2 Å². The molecule has 0 atom stereocenters. The van der Waals surface area contributed by atoms with E-state index in [9.17, 15) is 0 Å². The van der Waals surface area contributed by atoms with E-state index in [1.807, 2.05) is 18.6 Å². The van der Waals surface area contributed by atoms with E-state index in [1.165, 1.54) is 5.69 Å². The number of nitrogens with one attached hydrogen (secondary N) is 1. The molecule has 74 valence electrons. The molecular formula is C9H11N3S2. The van der Waals surface area contributed by atoms with Gasteiger partial charge in [0.1, 0.15) is 0 Å². The van der Waals surface area contributed by atoms with Crippen molar-refractivity contribution in [3.63, 3.8) is 0 Å². The average Bonchev–Trinajstić information content (AvgIpc) is 2.76. The Morgan fingerprint density at radius 3 is 3.07 bits per heavy atom. The van der Waals surface area contributed by atoms with Gasteiger partial charge < -0.3 is 9.55 Å². The van der Waals surface area contributed by atoms with Crippen molar-refractivity contribution in [3.8, 4) is 0 Å². The first kappa shape index (κ1) is 9.61. The quantitative estimate of drug-likeness (QED) is 0.814. The van der Waals surface area contributed by atoms with Crippen molar-refractivity contribution < 1.29 is 0 Å². The molecule has 0 amide bonds. The summed E-state index contributed by atoms with van der Waals surface area (Å²) in [5.74, 6) is 0. The largest absolute Gasteiger partial charge is 0.337 e. The Morgan fingerprint density at radius 1 is 1.64 bits per heavy atom. The van der Waals surface area contributed by atoms with Crippen molar-refractivity contribution in [1.82, 2.24) is 14.5 Å². The van der Waals surface area contributed by atoms with Crippen LogP contribution in [0.4, 0.5) is 0 Å². The molecule has 0 fully saturated rings. The number of aromatic nitrogens is 3. The minimum absolute atomic E-state index is 0.790.